The van der Waals surface area contributed by atoms with Crippen LogP contribution in [0, 0.1) is 0 Å². The van der Waals surface area contributed by atoms with Crippen molar-refractivity contribution < 1.29 is 4.74 Å². The molecule has 102 valence electrons. The van der Waals surface area contributed by atoms with Gasteiger partial charge in [0.1, 0.15) is 0 Å². The van der Waals surface area contributed by atoms with Gasteiger partial charge in [-0.2, -0.15) is 0 Å². The summed E-state index contributed by atoms with van der Waals surface area (Å²) in [7, 11) is 0. The Hall–Kier alpha value is -0.0800. The SMILES string of the molecule is CCCCCCCCNCCOC1CCCC1. The lowest BCUT2D eigenvalue weighted by molar-refractivity contribution is 0.0604. The predicted octanol–water partition coefficient (Wildman–Crippen LogP) is 3.90. The highest BCUT2D eigenvalue weighted by molar-refractivity contribution is 4.66. The molecule has 0 radical (unpaired) electrons. The normalized spacial score (nSPS) is 16.8. The highest BCUT2D eigenvalue weighted by Gasteiger charge is 2.14. The first kappa shape index (κ1) is 15.0. The van der Waals surface area contributed by atoms with Crippen LogP contribution in [0.5, 0.6) is 0 Å². The van der Waals surface area contributed by atoms with Gasteiger partial charge in [0.2, 0.25) is 0 Å². The van der Waals surface area contributed by atoms with Gasteiger partial charge in [0.25, 0.3) is 0 Å². The molecule has 2 nitrogen and oxygen atoms in total. The monoisotopic (exact) mass is 241 g/mol. The zero-order valence-electron chi connectivity index (χ0n) is 11.7. The van der Waals surface area contributed by atoms with E-state index in [2.05, 4.69) is 12.2 Å². The first-order chi connectivity index (χ1) is 8.43. The molecule has 0 spiro atoms. The van der Waals surface area contributed by atoms with E-state index in [1.54, 1.807) is 0 Å². The molecule has 1 N–H and O–H groups in total. The number of hydrogen-bond donors (Lipinski definition) is 1. The van der Waals surface area contributed by atoms with E-state index in [0.29, 0.717) is 6.10 Å². The average molecular weight is 241 g/mol. The van der Waals surface area contributed by atoms with Crippen LogP contribution in [0.15, 0.2) is 0 Å². The van der Waals surface area contributed by atoms with E-state index in [1.165, 1.54) is 70.8 Å². The van der Waals surface area contributed by atoms with Gasteiger partial charge < -0.3 is 10.1 Å². The molecule has 0 atom stereocenters. The fourth-order valence-corrected chi connectivity index (χ4v) is 2.51. The summed E-state index contributed by atoms with van der Waals surface area (Å²) < 4.78 is 5.80. The van der Waals surface area contributed by atoms with Crippen molar-refractivity contribution in [2.45, 2.75) is 77.2 Å². The molecule has 0 amide bonds. The van der Waals surface area contributed by atoms with Crippen molar-refractivity contribution >= 4 is 0 Å². The van der Waals surface area contributed by atoms with Gasteiger partial charge >= 0.3 is 0 Å². The van der Waals surface area contributed by atoms with Crippen molar-refractivity contribution in [1.29, 1.82) is 0 Å². The molecule has 1 fully saturated rings. The summed E-state index contributed by atoms with van der Waals surface area (Å²) in [6.07, 6.45) is 14.2. The maximum absolute atomic E-state index is 5.80. The number of rotatable bonds is 11. The number of hydrogen-bond acceptors (Lipinski definition) is 2. The van der Waals surface area contributed by atoms with Crippen molar-refractivity contribution in [2.24, 2.45) is 0 Å². The zero-order chi connectivity index (χ0) is 12.2. The van der Waals surface area contributed by atoms with E-state index >= 15 is 0 Å². The summed E-state index contributed by atoms with van der Waals surface area (Å²) in [6, 6.07) is 0. The van der Waals surface area contributed by atoms with Crippen molar-refractivity contribution in [3.05, 3.63) is 0 Å². The zero-order valence-corrected chi connectivity index (χ0v) is 11.7. The molecule has 1 saturated carbocycles. The van der Waals surface area contributed by atoms with Gasteiger partial charge in [0.15, 0.2) is 0 Å². The molecule has 0 bridgehead atoms. The van der Waals surface area contributed by atoms with Gasteiger partial charge in [-0.25, -0.2) is 0 Å². The molecule has 0 saturated heterocycles. The van der Waals surface area contributed by atoms with Crippen molar-refractivity contribution in [3.63, 3.8) is 0 Å². The fourth-order valence-electron chi connectivity index (χ4n) is 2.51. The minimum Gasteiger partial charge on any atom is -0.377 e. The second kappa shape index (κ2) is 11.0. The van der Waals surface area contributed by atoms with Gasteiger partial charge in [0, 0.05) is 6.54 Å². The van der Waals surface area contributed by atoms with Crippen LogP contribution in [0.3, 0.4) is 0 Å². The molecular weight excluding hydrogens is 210 g/mol. The van der Waals surface area contributed by atoms with Gasteiger partial charge in [0.05, 0.1) is 12.7 Å². The molecule has 1 aliphatic rings. The van der Waals surface area contributed by atoms with Gasteiger partial charge in [-0.1, -0.05) is 51.9 Å². The standard InChI is InChI=1S/C15H31NO/c1-2-3-4-5-6-9-12-16-13-14-17-15-10-7-8-11-15/h15-16H,2-14H2,1H3. The highest BCUT2D eigenvalue weighted by Crippen LogP contribution is 2.20. The Kier molecular flexibility index (Phi) is 9.72. The average Bonchev–Trinajstić information content (AvgIpc) is 2.85. The fraction of sp³-hybridized carbons (Fsp3) is 1.00. The van der Waals surface area contributed by atoms with Crippen LogP contribution >= 0.6 is 0 Å². The number of nitrogens with one attached hydrogen (secondary N) is 1. The van der Waals surface area contributed by atoms with E-state index in [-0.39, 0.29) is 0 Å². The molecule has 0 aromatic carbocycles. The Morgan fingerprint density at radius 1 is 0.941 bits per heavy atom. The Labute approximate surface area is 108 Å². The van der Waals surface area contributed by atoms with Crippen LogP contribution in [-0.2, 0) is 4.74 Å². The third-order valence-corrected chi connectivity index (χ3v) is 3.64. The molecule has 0 aromatic rings. The summed E-state index contributed by atoms with van der Waals surface area (Å²) in [4.78, 5) is 0. The molecule has 1 rings (SSSR count). The van der Waals surface area contributed by atoms with Crippen LogP contribution in [0.2, 0.25) is 0 Å². The third-order valence-electron chi connectivity index (χ3n) is 3.64. The molecule has 2 heteroatoms. The minimum absolute atomic E-state index is 0.575. The highest BCUT2D eigenvalue weighted by atomic mass is 16.5. The van der Waals surface area contributed by atoms with E-state index in [0.717, 1.165) is 13.2 Å². The summed E-state index contributed by atoms with van der Waals surface area (Å²) in [6.45, 7) is 5.37. The summed E-state index contributed by atoms with van der Waals surface area (Å²) in [5.74, 6) is 0. The van der Waals surface area contributed by atoms with E-state index in [4.69, 9.17) is 4.74 Å². The van der Waals surface area contributed by atoms with Gasteiger partial charge in [-0.15, -0.1) is 0 Å². The topological polar surface area (TPSA) is 21.3 Å². The van der Waals surface area contributed by atoms with Crippen LogP contribution in [0.1, 0.15) is 71.1 Å². The quantitative estimate of drug-likeness (QED) is 0.554. The Balaban J connectivity index is 1.69. The molecule has 1 aliphatic carbocycles. The Morgan fingerprint density at radius 2 is 1.65 bits per heavy atom. The maximum Gasteiger partial charge on any atom is 0.0594 e. The van der Waals surface area contributed by atoms with Crippen LogP contribution in [0.4, 0.5) is 0 Å². The van der Waals surface area contributed by atoms with E-state index in [1.807, 2.05) is 0 Å². The number of unbranched alkanes of at least 4 members (excludes halogenated alkanes) is 5. The second-order valence-corrected chi connectivity index (χ2v) is 5.30. The minimum atomic E-state index is 0.575. The lowest BCUT2D eigenvalue weighted by atomic mass is 10.1. The predicted molar refractivity (Wildman–Crippen MR) is 74.5 cm³/mol. The third kappa shape index (κ3) is 8.62. The largest absolute Gasteiger partial charge is 0.377 e. The second-order valence-electron chi connectivity index (χ2n) is 5.30. The lowest BCUT2D eigenvalue weighted by Crippen LogP contribution is -2.23. The van der Waals surface area contributed by atoms with Gasteiger partial charge in [-0.3, -0.25) is 0 Å². The molecule has 17 heavy (non-hydrogen) atoms. The van der Waals surface area contributed by atoms with E-state index in [9.17, 15) is 0 Å². The van der Waals surface area contributed by atoms with Crippen LogP contribution in [-0.4, -0.2) is 25.8 Å². The molecule has 0 aliphatic heterocycles. The molecule has 0 aromatic heterocycles. The van der Waals surface area contributed by atoms with Crippen LogP contribution in [0.25, 0.3) is 0 Å². The first-order valence-corrected chi connectivity index (χ1v) is 7.76. The Morgan fingerprint density at radius 3 is 2.41 bits per heavy atom. The van der Waals surface area contributed by atoms with Crippen molar-refractivity contribution in [1.82, 2.24) is 5.32 Å². The maximum atomic E-state index is 5.80. The van der Waals surface area contributed by atoms with Crippen molar-refractivity contribution in [2.75, 3.05) is 19.7 Å². The molecule has 0 unspecified atom stereocenters. The Bertz CT molecular complexity index is 155. The van der Waals surface area contributed by atoms with Crippen molar-refractivity contribution in [3.8, 4) is 0 Å². The molecule has 0 heterocycles. The smallest absolute Gasteiger partial charge is 0.0594 e. The van der Waals surface area contributed by atoms with Crippen LogP contribution < -0.4 is 5.32 Å². The van der Waals surface area contributed by atoms with Gasteiger partial charge in [-0.05, 0) is 25.8 Å². The van der Waals surface area contributed by atoms with E-state index < -0.39 is 0 Å². The molecular formula is C15H31NO. The number of ether oxygens (including phenoxy) is 1. The lowest BCUT2D eigenvalue weighted by Gasteiger charge is -2.11. The summed E-state index contributed by atoms with van der Waals surface area (Å²) in [5, 5.41) is 3.48. The summed E-state index contributed by atoms with van der Waals surface area (Å²) in [5.41, 5.74) is 0. The summed E-state index contributed by atoms with van der Waals surface area (Å²) >= 11 is 0. The first-order valence-electron chi connectivity index (χ1n) is 7.76.